The first-order valence-corrected chi connectivity index (χ1v) is 17.5. The number of rotatable bonds is 12. The molecule has 6 aliphatic rings. The average molecular weight is 687 g/mol. The molecule has 12 heteroatoms. The van der Waals surface area contributed by atoms with Gasteiger partial charge in [0.05, 0.1) is 31.7 Å². The maximum atomic E-state index is 12.8. The van der Waals surface area contributed by atoms with Gasteiger partial charge in [-0.1, -0.05) is 37.3 Å². The number of carbonyl (C=O) groups is 4. The molecule has 2 aromatic rings. The van der Waals surface area contributed by atoms with Crippen LogP contribution in [0.25, 0.3) is 16.7 Å². The van der Waals surface area contributed by atoms with Crippen LogP contribution in [0.2, 0.25) is 0 Å². The van der Waals surface area contributed by atoms with Gasteiger partial charge in [0.2, 0.25) is 5.91 Å². The van der Waals surface area contributed by atoms with Gasteiger partial charge in [0.25, 0.3) is 5.91 Å². The van der Waals surface area contributed by atoms with Crippen molar-refractivity contribution in [3.05, 3.63) is 70.4 Å². The summed E-state index contributed by atoms with van der Waals surface area (Å²) in [4.78, 5) is 50.7. The molecule has 8 rings (SSSR count). The van der Waals surface area contributed by atoms with Gasteiger partial charge >= 0.3 is 11.9 Å². The summed E-state index contributed by atoms with van der Waals surface area (Å²) >= 11 is 0. The van der Waals surface area contributed by atoms with Gasteiger partial charge in [-0.05, 0) is 47.2 Å². The first kappa shape index (κ1) is 34.0. The van der Waals surface area contributed by atoms with E-state index in [-0.39, 0.29) is 30.0 Å². The lowest BCUT2D eigenvalue weighted by Crippen LogP contribution is -2.76. The Morgan fingerprint density at radius 1 is 1.04 bits per heavy atom. The van der Waals surface area contributed by atoms with E-state index in [2.05, 4.69) is 18.2 Å². The summed E-state index contributed by atoms with van der Waals surface area (Å²) in [6, 6.07) is 11.5. The Labute approximate surface area is 291 Å². The topological polar surface area (TPSA) is 156 Å². The fourth-order valence-electron chi connectivity index (χ4n) is 9.27. The van der Waals surface area contributed by atoms with Crippen LogP contribution in [0.1, 0.15) is 37.0 Å². The van der Waals surface area contributed by atoms with Gasteiger partial charge in [-0.3, -0.25) is 9.59 Å². The molecule has 4 saturated heterocycles. The quantitative estimate of drug-likeness (QED) is 0.113. The standard InChI is InChI=1S/C38H44N4O8/c1-22-29(36(38(47)48)40-35(22)33(23(2)43)37(40)46)21-50-30-8-4-7-25-28(19-32(45)49-3)27-18-24(9-10-26(27)34(25)30)6-5-11-41-12-15-42(16-13-41,17-14-41)20-31(39)44/h4,7-10,18-19,22-23,33,35,43H,5-6,11-17,20-21H2,1-3H3,(H-2,39,44,47,48)/p+2/b28-19+/t22-,23?,33?,35?,41?,42?/m0/s1. The molecule has 12 nitrogen and oxygen atoms in total. The van der Waals surface area contributed by atoms with E-state index < -0.39 is 30.0 Å². The third-order valence-corrected chi connectivity index (χ3v) is 12.1. The fourth-order valence-corrected chi connectivity index (χ4v) is 9.27. The number of aliphatic carboxylic acids is 1. The van der Waals surface area contributed by atoms with Crippen LogP contribution >= 0.6 is 0 Å². The molecule has 4 atom stereocenters. The predicted octanol–water partition coefficient (Wildman–Crippen LogP) is 1.93. The lowest BCUT2D eigenvalue weighted by molar-refractivity contribution is -1.08. The number of benzene rings is 2. The van der Waals surface area contributed by atoms with Gasteiger partial charge in [0.1, 0.15) is 57.3 Å². The first-order valence-electron chi connectivity index (χ1n) is 17.5. The zero-order valence-electron chi connectivity index (χ0n) is 28.9. The van der Waals surface area contributed by atoms with Crippen molar-refractivity contribution in [3.63, 3.8) is 0 Å². The number of methoxy groups -OCH3 is 1. The van der Waals surface area contributed by atoms with Crippen LogP contribution in [0.3, 0.4) is 0 Å². The second-order valence-corrected chi connectivity index (χ2v) is 14.8. The number of nitrogens with two attached hydrogens (primary N) is 1. The summed E-state index contributed by atoms with van der Waals surface area (Å²) in [6.45, 7) is 11.1. The van der Waals surface area contributed by atoms with Gasteiger partial charge in [0.15, 0.2) is 6.54 Å². The number of carbonyl (C=O) groups excluding carboxylic acids is 3. The van der Waals surface area contributed by atoms with E-state index in [1.165, 1.54) is 23.6 Å². The lowest BCUT2D eigenvalue weighted by atomic mass is 9.78. The number of β-lactam (4-membered cyclic amide) rings is 1. The molecule has 0 saturated carbocycles. The van der Waals surface area contributed by atoms with Crippen molar-refractivity contribution in [1.29, 1.82) is 0 Å². The monoisotopic (exact) mass is 686 g/mol. The molecule has 2 aromatic carbocycles. The zero-order chi connectivity index (χ0) is 35.5. The maximum absolute atomic E-state index is 12.8. The number of hydrogen-bond donors (Lipinski definition) is 3. The number of nitrogens with zero attached hydrogens (tertiary/aromatic N) is 3. The molecule has 1 aliphatic carbocycles. The van der Waals surface area contributed by atoms with Crippen molar-refractivity contribution in [2.24, 2.45) is 17.6 Å². The second kappa shape index (κ2) is 12.7. The molecule has 5 aliphatic heterocycles. The van der Waals surface area contributed by atoms with E-state index in [9.17, 15) is 29.4 Å². The summed E-state index contributed by atoms with van der Waals surface area (Å²) in [7, 11) is 1.35. The number of ether oxygens (including phenoxy) is 2. The van der Waals surface area contributed by atoms with Gasteiger partial charge in [0, 0.05) is 29.6 Å². The number of hydrogen-bond acceptors (Lipinski definition) is 7. The van der Waals surface area contributed by atoms with Crippen LogP contribution < -0.4 is 10.5 Å². The second-order valence-electron chi connectivity index (χ2n) is 14.8. The number of esters is 1. The molecule has 3 unspecified atom stereocenters. The Hall–Kier alpha value is -4.52. The van der Waals surface area contributed by atoms with Crippen molar-refractivity contribution in [2.75, 3.05) is 66.1 Å². The fraction of sp³-hybridized carbons (Fsp3) is 0.474. The number of carboxylic acid groups (broad SMARTS) is 1. The molecule has 2 bridgehead atoms. The number of aliphatic hydroxyl groups is 1. The van der Waals surface area contributed by atoms with Crippen molar-refractivity contribution >= 4 is 29.3 Å². The average Bonchev–Trinajstić information content (AvgIpc) is 3.52. The van der Waals surface area contributed by atoms with E-state index in [0.29, 0.717) is 17.9 Å². The van der Waals surface area contributed by atoms with Crippen molar-refractivity contribution in [3.8, 4) is 16.9 Å². The minimum atomic E-state index is -1.20. The molecular weight excluding hydrogens is 640 g/mol. The Balaban J connectivity index is 1.11. The molecule has 0 aromatic heterocycles. The normalized spacial score (nSPS) is 29.0. The number of fused-ring (bicyclic) bond motifs is 7. The molecule has 50 heavy (non-hydrogen) atoms. The highest BCUT2D eigenvalue weighted by Gasteiger charge is 2.60. The largest absolute Gasteiger partial charge is 0.488 e. The minimum Gasteiger partial charge on any atom is -0.488 e. The highest BCUT2D eigenvalue weighted by atomic mass is 16.5. The third-order valence-electron chi connectivity index (χ3n) is 12.1. The van der Waals surface area contributed by atoms with Crippen LogP contribution in [0.5, 0.6) is 5.75 Å². The molecule has 5 heterocycles. The number of quaternary nitrogens is 2. The molecule has 0 radical (unpaired) electrons. The molecule has 4 fully saturated rings. The first-order chi connectivity index (χ1) is 23.9. The Morgan fingerprint density at radius 2 is 1.74 bits per heavy atom. The summed E-state index contributed by atoms with van der Waals surface area (Å²) in [5, 5.41) is 20.3. The number of primary amides is 1. The smallest absolute Gasteiger partial charge is 0.352 e. The van der Waals surface area contributed by atoms with E-state index in [1.54, 1.807) is 6.92 Å². The van der Waals surface area contributed by atoms with Crippen LogP contribution in [-0.2, 0) is 30.3 Å². The van der Waals surface area contributed by atoms with Gasteiger partial charge in [-0.2, -0.15) is 0 Å². The Morgan fingerprint density at radius 3 is 2.38 bits per heavy atom. The molecule has 0 spiro atoms. The number of aliphatic hydroxyl groups excluding tert-OH is 1. The number of amides is 2. The van der Waals surface area contributed by atoms with Crippen molar-refractivity contribution < 1.29 is 47.8 Å². The summed E-state index contributed by atoms with van der Waals surface area (Å²) in [5.41, 5.74) is 11.3. The molecule has 2 amide bonds. The molecular formula is C38H46N4O8+2. The maximum Gasteiger partial charge on any atom is 0.352 e. The van der Waals surface area contributed by atoms with Crippen LogP contribution in [0.4, 0.5) is 0 Å². The van der Waals surface area contributed by atoms with E-state index >= 15 is 0 Å². The third kappa shape index (κ3) is 5.59. The highest BCUT2D eigenvalue weighted by molar-refractivity contribution is 6.08. The summed E-state index contributed by atoms with van der Waals surface area (Å²) < 4.78 is 13.3. The van der Waals surface area contributed by atoms with E-state index in [1.807, 2.05) is 25.1 Å². The molecule has 264 valence electrons. The van der Waals surface area contributed by atoms with Gasteiger partial charge < -0.3 is 39.3 Å². The SMILES string of the molecule is COC(=O)/C=C1/c2cc(CCC[N+]34CC[N+](CC(N)=O)(CC3)CC4)ccc2-c2c(OCC3=C(C(=O)O)N4C(=O)C(C(C)O)C4[C@H]3C)cccc21. The van der Waals surface area contributed by atoms with Crippen LogP contribution in [0, 0.1) is 11.8 Å². The summed E-state index contributed by atoms with van der Waals surface area (Å²) in [5.74, 6) is -2.69. The predicted molar refractivity (Wildman–Crippen MR) is 183 cm³/mol. The summed E-state index contributed by atoms with van der Waals surface area (Å²) in [6.07, 6.45) is 2.52. The lowest BCUT2D eigenvalue weighted by Gasteiger charge is -2.55. The van der Waals surface area contributed by atoms with Crippen molar-refractivity contribution in [2.45, 2.75) is 38.8 Å². The number of carboxylic acids is 1. The highest BCUT2D eigenvalue weighted by Crippen LogP contribution is 2.50. The number of piperazine rings is 3. The van der Waals surface area contributed by atoms with E-state index in [0.717, 1.165) is 95.4 Å². The van der Waals surface area contributed by atoms with E-state index in [4.69, 9.17) is 15.2 Å². The van der Waals surface area contributed by atoms with Crippen molar-refractivity contribution in [1.82, 2.24) is 4.90 Å². The number of aryl methyl sites for hydroxylation is 1. The zero-order valence-corrected chi connectivity index (χ0v) is 28.9. The Kier molecular flexibility index (Phi) is 8.60. The molecule has 4 N–H and O–H groups in total. The van der Waals surface area contributed by atoms with Crippen LogP contribution in [0.15, 0.2) is 53.7 Å². The Bertz CT molecular complexity index is 1820. The van der Waals surface area contributed by atoms with Crippen LogP contribution in [-0.4, -0.2) is 126 Å². The minimum absolute atomic E-state index is 0.0436. The van der Waals surface area contributed by atoms with Gasteiger partial charge in [-0.15, -0.1) is 0 Å². The van der Waals surface area contributed by atoms with Gasteiger partial charge in [-0.25, -0.2) is 9.59 Å².